The summed E-state index contributed by atoms with van der Waals surface area (Å²) in [5.74, 6) is 0.850. The van der Waals surface area contributed by atoms with Crippen LogP contribution in [0.3, 0.4) is 0 Å². The minimum Gasteiger partial charge on any atom is -0.465 e. The highest BCUT2D eigenvalue weighted by Gasteiger charge is 2.03. The van der Waals surface area contributed by atoms with Crippen LogP contribution >= 0.6 is 11.3 Å². The van der Waals surface area contributed by atoms with Gasteiger partial charge in [0.2, 0.25) is 11.0 Å². The van der Waals surface area contributed by atoms with Crippen LogP contribution in [0.4, 0.5) is 5.13 Å². The molecule has 1 amide bonds. The van der Waals surface area contributed by atoms with Crippen LogP contribution in [-0.2, 0) is 4.79 Å². The standard InChI is InChI=1S/C16H13N3O2S/c1-11(17-15(20)9-8-12-5-4-10-21-12)18-16-19-13-6-2-3-7-14(13)22-16/h2-10H,1H3,(H,17,18,19,20)/b9-8+. The molecule has 6 heteroatoms. The summed E-state index contributed by atoms with van der Waals surface area (Å²) >= 11 is 1.48. The van der Waals surface area contributed by atoms with Gasteiger partial charge in [-0.1, -0.05) is 23.5 Å². The maximum atomic E-state index is 11.8. The Morgan fingerprint density at radius 2 is 2.18 bits per heavy atom. The Morgan fingerprint density at radius 3 is 2.95 bits per heavy atom. The summed E-state index contributed by atoms with van der Waals surface area (Å²) in [6.45, 7) is 1.73. The first-order chi connectivity index (χ1) is 10.7. The molecule has 1 aromatic carbocycles. The molecule has 2 heterocycles. The van der Waals surface area contributed by atoms with Crippen LogP contribution in [0.15, 0.2) is 58.1 Å². The Balaban J connectivity index is 1.67. The Bertz CT molecular complexity index is 814. The van der Waals surface area contributed by atoms with Crippen molar-refractivity contribution in [2.45, 2.75) is 6.92 Å². The summed E-state index contributed by atoms with van der Waals surface area (Å²) in [4.78, 5) is 20.5. The zero-order valence-corrected chi connectivity index (χ0v) is 12.6. The molecule has 0 saturated carbocycles. The minimum absolute atomic E-state index is 0.265. The molecule has 110 valence electrons. The SMILES string of the molecule is C/C(=N\c1nc2ccccc2s1)NC(=O)/C=C/c1ccco1. The lowest BCUT2D eigenvalue weighted by molar-refractivity contribution is -0.115. The maximum absolute atomic E-state index is 11.8. The molecule has 22 heavy (non-hydrogen) atoms. The van der Waals surface area contributed by atoms with E-state index in [1.807, 2.05) is 24.3 Å². The summed E-state index contributed by atoms with van der Waals surface area (Å²) in [6.07, 6.45) is 4.55. The van der Waals surface area contributed by atoms with Crippen molar-refractivity contribution in [3.63, 3.8) is 0 Å². The number of hydrogen-bond acceptors (Lipinski definition) is 5. The van der Waals surface area contributed by atoms with Crippen LogP contribution < -0.4 is 5.32 Å². The van der Waals surface area contributed by atoms with E-state index in [0.29, 0.717) is 16.7 Å². The summed E-state index contributed by atoms with van der Waals surface area (Å²) < 4.78 is 6.18. The average molecular weight is 311 g/mol. The number of aliphatic imine (C=N–C) groups is 1. The summed E-state index contributed by atoms with van der Waals surface area (Å²) in [7, 11) is 0. The summed E-state index contributed by atoms with van der Waals surface area (Å²) in [6, 6.07) is 11.4. The number of nitrogens with one attached hydrogen (secondary N) is 1. The molecule has 0 aliphatic carbocycles. The highest BCUT2D eigenvalue weighted by molar-refractivity contribution is 7.22. The van der Waals surface area contributed by atoms with Crippen LogP contribution in [0.1, 0.15) is 12.7 Å². The fraction of sp³-hybridized carbons (Fsp3) is 0.0625. The van der Waals surface area contributed by atoms with E-state index >= 15 is 0 Å². The second kappa shape index (κ2) is 6.36. The number of carbonyl (C=O) groups is 1. The molecule has 5 nitrogen and oxygen atoms in total. The first-order valence-corrected chi connectivity index (χ1v) is 7.46. The van der Waals surface area contributed by atoms with Crippen molar-refractivity contribution in [2.75, 3.05) is 0 Å². The molecule has 0 aliphatic rings. The van der Waals surface area contributed by atoms with Gasteiger partial charge in [0.15, 0.2) is 0 Å². The second-order valence-corrected chi connectivity index (χ2v) is 5.51. The molecule has 1 N–H and O–H groups in total. The van der Waals surface area contributed by atoms with Gasteiger partial charge in [0, 0.05) is 6.08 Å². The van der Waals surface area contributed by atoms with Gasteiger partial charge in [0.1, 0.15) is 11.6 Å². The highest BCUT2D eigenvalue weighted by atomic mass is 32.1. The zero-order valence-electron chi connectivity index (χ0n) is 11.8. The van der Waals surface area contributed by atoms with E-state index in [1.165, 1.54) is 17.4 Å². The van der Waals surface area contributed by atoms with Crippen molar-refractivity contribution in [1.82, 2.24) is 10.3 Å². The predicted molar refractivity (Wildman–Crippen MR) is 88.3 cm³/mol. The van der Waals surface area contributed by atoms with Gasteiger partial charge in [0.05, 0.1) is 16.5 Å². The van der Waals surface area contributed by atoms with Crippen LogP contribution in [0.25, 0.3) is 16.3 Å². The molecular formula is C16H13N3O2S. The number of hydrogen-bond donors (Lipinski definition) is 1. The van der Waals surface area contributed by atoms with Crippen molar-refractivity contribution in [3.05, 3.63) is 54.5 Å². The monoisotopic (exact) mass is 311 g/mol. The maximum Gasteiger partial charge on any atom is 0.249 e. The topological polar surface area (TPSA) is 67.5 Å². The number of aromatic nitrogens is 1. The summed E-state index contributed by atoms with van der Waals surface area (Å²) in [5.41, 5.74) is 0.906. The summed E-state index contributed by atoms with van der Waals surface area (Å²) in [5, 5.41) is 3.30. The van der Waals surface area contributed by atoms with E-state index in [2.05, 4.69) is 15.3 Å². The fourth-order valence-corrected chi connectivity index (χ4v) is 2.73. The molecule has 3 aromatic rings. The van der Waals surface area contributed by atoms with E-state index < -0.39 is 0 Å². The third-order valence-corrected chi connectivity index (χ3v) is 3.72. The molecule has 2 aromatic heterocycles. The molecule has 0 saturated heterocycles. The number of amides is 1. The zero-order chi connectivity index (χ0) is 15.4. The Morgan fingerprint density at radius 1 is 1.32 bits per heavy atom. The van der Waals surface area contributed by atoms with Crippen molar-refractivity contribution >= 4 is 44.5 Å². The number of furan rings is 1. The van der Waals surface area contributed by atoms with Gasteiger partial charge in [-0.3, -0.25) is 4.79 Å². The normalized spacial score (nSPS) is 12.1. The molecule has 0 fully saturated rings. The fourth-order valence-electron chi connectivity index (χ4n) is 1.84. The van der Waals surface area contributed by atoms with Crippen molar-refractivity contribution in [1.29, 1.82) is 0 Å². The average Bonchev–Trinajstić information content (AvgIpc) is 3.13. The smallest absolute Gasteiger partial charge is 0.249 e. The first-order valence-electron chi connectivity index (χ1n) is 6.64. The van der Waals surface area contributed by atoms with Crippen LogP contribution in [-0.4, -0.2) is 16.7 Å². The minimum atomic E-state index is -0.265. The Hall–Kier alpha value is -2.73. The van der Waals surface area contributed by atoms with Crippen molar-refractivity contribution in [3.8, 4) is 0 Å². The predicted octanol–water partition coefficient (Wildman–Crippen LogP) is 3.77. The molecule has 0 aliphatic heterocycles. The van der Waals surface area contributed by atoms with Crippen LogP contribution in [0, 0.1) is 0 Å². The third-order valence-electron chi connectivity index (χ3n) is 2.79. The number of benzene rings is 1. The van der Waals surface area contributed by atoms with Gasteiger partial charge in [0.25, 0.3) is 0 Å². The first kappa shape index (κ1) is 14.2. The number of nitrogens with zero attached hydrogens (tertiary/aromatic N) is 2. The van der Waals surface area contributed by atoms with E-state index in [9.17, 15) is 4.79 Å². The van der Waals surface area contributed by atoms with Crippen LogP contribution in [0.2, 0.25) is 0 Å². The second-order valence-electron chi connectivity index (χ2n) is 4.50. The lowest BCUT2D eigenvalue weighted by Gasteiger charge is -1.98. The number of rotatable bonds is 3. The Labute approximate surface area is 131 Å². The molecule has 0 unspecified atom stereocenters. The van der Waals surface area contributed by atoms with Gasteiger partial charge in [-0.05, 0) is 37.3 Å². The quantitative estimate of drug-likeness (QED) is 0.455. The molecular weight excluding hydrogens is 298 g/mol. The van der Waals surface area contributed by atoms with E-state index in [0.717, 1.165) is 10.2 Å². The number of para-hydroxylation sites is 1. The Kier molecular flexibility index (Phi) is 4.11. The molecule has 0 bridgehead atoms. The van der Waals surface area contributed by atoms with Gasteiger partial charge < -0.3 is 9.73 Å². The van der Waals surface area contributed by atoms with E-state index in [1.54, 1.807) is 31.4 Å². The van der Waals surface area contributed by atoms with Gasteiger partial charge in [-0.25, -0.2) is 9.98 Å². The molecule has 0 radical (unpaired) electrons. The highest BCUT2D eigenvalue weighted by Crippen LogP contribution is 2.27. The number of amidine groups is 1. The molecule has 0 atom stereocenters. The third kappa shape index (κ3) is 3.48. The number of thiazole rings is 1. The van der Waals surface area contributed by atoms with Gasteiger partial charge in [-0.2, -0.15) is 0 Å². The lowest BCUT2D eigenvalue weighted by atomic mass is 10.3. The largest absolute Gasteiger partial charge is 0.465 e. The van der Waals surface area contributed by atoms with Gasteiger partial charge >= 0.3 is 0 Å². The number of carbonyl (C=O) groups excluding carboxylic acids is 1. The van der Waals surface area contributed by atoms with Gasteiger partial charge in [-0.15, -0.1) is 0 Å². The van der Waals surface area contributed by atoms with E-state index in [4.69, 9.17) is 4.42 Å². The van der Waals surface area contributed by atoms with Crippen molar-refractivity contribution < 1.29 is 9.21 Å². The van der Waals surface area contributed by atoms with Crippen LogP contribution in [0.5, 0.6) is 0 Å². The molecule has 0 spiro atoms. The number of fused-ring (bicyclic) bond motifs is 1. The van der Waals surface area contributed by atoms with E-state index in [-0.39, 0.29) is 5.91 Å². The van der Waals surface area contributed by atoms with Crippen molar-refractivity contribution in [2.24, 2.45) is 4.99 Å². The lowest BCUT2D eigenvalue weighted by Crippen LogP contribution is -2.26. The molecule has 3 rings (SSSR count).